The Balaban J connectivity index is 1.88. The first-order valence-corrected chi connectivity index (χ1v) is 7.14. The minimum Gasteiger partial charge on any atom is -0.292 e. The molecule has 1 N–H and O–H groups in total. The van der Waals surface area contributed by atoms with Gasteiger partial charge < -0.3 is 0 Å². The zero-order valence-electron chi connectivity index (χ0n) is 12.7. The fraction of sp³-hybridized carbons (Fsp3) is 0.118. The molecule has 2 aromatic heterocycles. The van der Waals surface area contributed by atoms with Crippen LogP contribution in [0.1, 0.15) is 27.8 Å². The molecule has 0 aliphatic rings. The number of hydrogen-bond donors (Lipinski definition) is 1. The fourth-order valence-electron chi connectivity index (χ4n) is 2.27. The molecule has 1 aromatic carbocycles. The van der Waals surface area contributed by atoms with Crippen molar-refractivity contribution in [1.29, 1.82) is 5.26 Å². The highest BCUT2D eigenvalue weighted by molar-refractivity contribution is 6.02. The third kappa shape index (κ3) is 3.03. The number of nitriles is 1. The lowest BCUT2D eigenvalue weighted by Crippen LogP contribution is -2.13. The van der Waals surface area contributed by atoms with Gasteiger partial charge in [0.05, 0.1) is 11.8 Å². The molecule has 0 aliphatic heterocycles. The van der Waals surface area contributed by atoms with Gasteiger partial charge in [0, 0.05) is 11.1 Å². The molecule has 24 heavy (non-hydrogen) atoms. The van der Waals surface area contributed by atoms with Gasteiger partial charge in [0.2, 0.25) is 5.95 Å². The van der Waals surface area contributed by atoms with Gasteiger partial charge in [-0.1, -0.05) is 30.3 Å². The third-order valence-corrected chi connectivity index (χ3v) is 3.45. The van der Waals surface area contributed by atoms with Gasteiger partial charge in [-0.25, -0.2) is 9.97 Å². The van der Waals surface area contributed by atoms with E-state index in [-0.39, 0.29) is 5.69 Å². The second kappa shape index (κ2) is 6.38. The van der Waals surface area contributed by atoms with Gasteiger partial charge in [0.25, 0.3) is 0 Å². The van der Waals surface area contributed by atoms with E-state index in [0.29, 0.717) is 17.2 Å². The highest BCUT2D eigenvalue weighted by Crippen LogP contribution is 2.21. The number of carbonyl (C=O) groups is 1. The number of hydrogen-bond acceptors (Lipinski definition) is 5. The minimum atomic E-state index is -1.16. The van der Waals surface area contributed by atoms with Crippen LogP contribution in [0.2, 0.25) is 0 Å². The predicted molar refractivity (Wildman–Crippen MR) is 83.4 cm³/mol. The summed E-state index contributed by atoms with van der Waals surface area (Å²) in [5.74, 6) is -1.11. The number of Topliss-reactive ketones (excluding diaryl/α,β-unsaturated/α-hetero) is 1. The van der Waals surface area contributed by atoms with Crippen molar-refractivity contribution in [2.24, 2.45) is 0 Å². The van der Waals surface area contributed by atoms with Crippen molar-refractivity contribution in [1.82, 2.24) is 20.2 Å². The Morgan fingerprint density at radius 3 is 2.54 bits per heavy atom. The molecule has 1 atom stereocenters. The van der Waals surface area contributed by atoms with Crippen LogP contribution in [0.15, 0.2) is 42.5 Å². The zero-order chi connectivity index (χ0) is 17.1. The topological polar surface area (TPSA) is 95.3 Å². The standard InChI is InChI=1S/C17H12FN5O/c1-10-20-17(23-22-10)12-7-5-11(6-8-12)16(24)13(9-19)14-3-2-4-15(18)21-14/h2-8,13H,1H3,(H,20,22,23). The van der Waals surface area contributed by atoms with E-state index in [2.05, 4.69) is 20.2 Å². The molecule has 0 saturated heterocycles. The Labute approximate surface area is 137 Å². The highest BCUT2D eigenvalue weighted by Gasteiger charge is 2.23. The Morgan fingerprint density at radius 1 is 1.21 bits per heavy atom. The van der Waals surface area contributed by atoms with Crippen molar-refractivity contribution in [2.75, 3.05) is 0 Å². The van der Waals surface area contributed by atoms with Crippen molar-refractivity contribution < 1.29 is 9.18 Å². The molecule has 0 bridgehead atoms. The molecule has 6 nitrogen and oxygen atoms in total. The first-order valence-electron chi connectivity index (χ1n) is 7.14. The van der Waals surface area contributed by atoms with Gasteiger partial charge in [0.1, 0.15) is 5.82 Å². The number of halogens is 1. The lowest BCUT2D eigenvalue weighted by Gasteiger charge is -2.08. The van der Waals surface area contributed by atoms with E-state index in [1.54, 1.807) is 31.2 Å². The lowest BCUT2D eigenvalue weighted by molar-refractivity contribution is 0.0977. The molecule has 3 rings (SSSR count). The molecule has 118 valence electrons. The van der Waals surface area contributed by atoms with Crippen LogP contribution >= 0.6 is 0 Å². The van der Waals surface area contributed by atoms with Crippen molar-refractivity contribution in [3.8, 4) is 17.5 Å². The monoisotopic (exact) mass is 321 g/mol. The Morgan fingerprint density at radius 2 is 1.96 bits per heavy atom. The third-order valence-electron chi connectivity index (χ3n) is 3.45. The van der Waals surface area contributed by atoms with E-state index in [9.17, 15) is 14.4 Å². The average Bonchev–Trinajstić information content (AvgIpc) is 3.02. The quantitative estimate of drug-likeness (QED) is 0.589. The summed E-state index contributed by atoms with van der Waals surface area (Å²) >= 11 is 0. The molecule has 0 spiro atoms. The highest BCUT2D eigenvalue weighted by atomic mass is 19.1. The second-order valence-corrected chi connectivity index (χ2v) is 5.13. The van der Waals surface area contributed by atoms with Gasteiger partial charge in [0.15, 0.2) is 17.5 Å². The fourth-order valence-corrected chi connectivity index (χ4v) is 2.27. The number of aromatic nitrogens is 4. The van der Waals surface area contributed by atoms with Crippen LogP contribution in [0.5, 0.6) is 0 Å². The van der Waals surface area contributed by atoms with E-state index >= 15 is 0 Å². The number of H-pyrrole nitrogens is 1. The lowest BCUT2D eigenvalue weighted by atomic mass is 9.95. The van der Waals surface area contributed by atoms with E-state index < -0.39 is 17.6 Å². The Kier molecular flexibility index (Phi) is 4.12. The van der Waals surface area contributed by atoms with E-state index in [0.717, 1.165) is 11.6 Å². The van der Waals surface area contributed by atoms with Gasteiger partial charge in [-0.15, -0.1) is 0 Å². The van der Waals surface area contributed by atoms with E-state index in [1.165, 1.54) is 12.1 Å². The number of aromatic amines is 1. The molecule has 1 unspecified atom stereocenters. The molecule has 0 fully saturated rings. The molecule has 0 radical (unpaired) electrons. The van der Waals surface area contributed by atoms with Crippen molar-refractivity contribution in [3.63, 3.8) is 0 Å². The first-order chi connectivity index (χ1) is 11.6. The summed E-state index contributed by atoms with van der Waals surface area (Å²) in [4.78, 5) is 20.4. The summed E-state index contributed by atoms with van der Waals surface area (Å²) in [6.07, 6.45) is 0. The van der Waals surface area contributed by atoms with Gasteiger partial charge in [-0.3, -0.25) is 9.89 Å². The van der Waals surface area contributed by atoms with E-state index in [4.69, 9.17) is 0 Å². The number of nitrogens with zero attached hydrogens (tertiary/aromatic N) is 4. The maximum Gasteiger partial charge on any atom is 0.213 e. The predicted octanol–water partition coefficient (Wildman–Crippen LogP) is 2.80. The SMILES string of the molecule is Cc1nc(-c2ccc(C(=O)C(C#N)c3cccc(F)n3)cc2)n[nH]1. The summed E-state index contributed by atoms with van der Waals surface area (Å²) in [7, 11) is 0. The average molecular weight is 321 g/mol. The molecule has 0 aliphatic carbocycles. The molecule has 0 saturated carbocycles. The number of carbonyl (C=O) groups excluding carboxylic acids is 1. The summed E-state index contributed by atoms with van der Waals surface area (Å²) in [5, 5.41) is 16.1. The Hall–Kier alpha value is -3.40. The van der Waals surface area contributed by atoms with E-state index in [1.807, 2.05) is 6.07 Å². The van der Waals surface area contributed by atoms with Crippen molar-refractivity contribution in [3.05, 3.63) is 65.5 Å². The maximum atomic E-state index is 13.2. The minimum absolute atomic E-state index is 0.0937. The molecule has 2 heterocycles. The zero-order valence-corrected chi connectivity index (χ0v) is 12.7. The number of aryl methyl sites for hydroxylation is 1. The second-order valence-electron chi connectivity index (χ2n) is 5.13. The normalized spacial score (nSPS) is 11.7. The number of benzene rings is 1. The molecule has 7 heteroatoms. The van der Waals surface area contributed by atoms with Crippen LogP contribution < -0.4 is 0 Å². The van der Waals surface area contributed by atoms with Crippen molar-refractivity contribution >= 4 is 5.78 Å². The van der Waals surface area contributed by atoms with Gasteiger partial charge in [-0.05, 0) is 19.1 Å². The molecule has 0 amide bonds. The molecular formula is C17H12FN5O. The van der Waals surface area contributed by atoms with Crippen LogP contribution in [-0.2, 0) is 0 Å². The number of pyridine rings is 1. The van der Waals surface area contributed by atoms with Crippen LogP contribution in [0, 0.1) is 24.2 Å². The summed E-state index contributed by atoms with van der Waals surface area (Å²) < 4.78 is 13.2. The van der Waals surface area contributed by atoms with Gasteiger partial charge in [-0.2, -0.15) is 14.8 Å². The first kappa shape index (κ1) is 15.5. The number of nitrogens with one attached hydrogen (secondary N) is 1. The van der Waals surface area contributed by atoms with Crippen LogP contribution in [-0.4, -0.2) is 25.9 Å². The van der Waals surface area contributed by atoms with Gasteiger partial charge >= 0.3 is 0 Å². The smallest absolute Gasteiger partial charge is 0.213 e. The van der Waals surface area contributed by atoms with Crippen molar-refractivity contribution in [2.45, 2.75) is 12.8 Å². The van der Waals surface area contributed by atoms with Crippen LogP contribution in [0.25, 0.3) is 11.4 Å². The number of rotatable bonds is 4. The largest absolute Gasteiger partial charge is 0.292 e. The van der Waals surface area contributed by atoms with Crippen LogP contribution in [0.4, 0.5) is 4.39 Å². The molecular weight excluding hydrogens is 309 g/mol. The van der Waals surface area contributed by atoms with Crippen LogP contribution in [0.3, 0.4) is 0 Å². The summed E-state index contributed by atoms with van der Waals surface area (Å²) in [6.45, 7) is 1.79. The number of ketones is 1. The Bertz CT molecular complexity index is 927. The molecule has 3 aromatic rings. The maximum absolute atomic E-state index is 13.2. The summed E-state index contributed by atoms with van der Waals surface area (Å²) in [5.41, 5.74) is 1.17. The summed E-state index contributed by atoms with van der Waals surface area (Å²) in [6, 6.07) is 12.5.